The molecule has 0 heterocycles. The zero-order chi connectivity index (χ0) is 11.1. The van der Waals surface area contributed by atoms with E-state index in [1.165, 1.54) is 0 Å². The number of halogens is 3. The van der Waals surface area contributed by atoms with Crippen molar-refractivity contribution in [2.45, 2.75) is 24.7 Å². The maximum absolute atomic E-state index is 12.9. The molecule has 15 heavy (non-hydrogen) atoms. The third-order valence-corrected chi connectivity index (χ3v) is 2.96. The number of nitriles is 1. The fraction of sp³-hybridized carbons (Fsp3) is 0.364. The van der Waals surface area contributed by atoms with Crippen LogP contribution in [0, 0.1) is 28.8 Å². The van der Waals surface area contributed by atoms with Crippen LogP contribution in [0.2, 0.25) is 0 Å². The molecule has 1 aliphatic carbocycles. The van der Waals surface area contributed by atoms with Crippen molar-refractivity contribution in [3.63, 3.8) is 0 Å². The molecule has 0 spiro atoms. The molecule has 1 saturated carbocycles. The van der Waals surface area contributed by atoms with Gasteiger partial charge in [-0.3, -0.25) is 0 Å². The highest BCUT2D eigenvalue weighted by atomic mass is 19.2. The molecule has 0 unspecified atom stereocenters. The standard InChI is InChI=1S/C11H8F3N/c12-8-4-7(5-9(13)10(8)14)11(6-15)2-1-3-11/h4-5H,1-3H2. The van der Waals surface area contributed by atoms with E-state index in [0.29, 0.717) is 12.8 Å². The largest absolute Gasteiger partial charge is 0.204 e. The fourth-order valence-corrected chi connectivity index (χ4v) is 1.83. The van der Waals surface area contributed by atoms with Crippen LogP contribution in [0.1, 0.15) is 24.8 Å². The van der Waals surface area contributed by atoms with Gasteiger partial charge in [0, 0.05) is 0 Å². The first-order valence-corrected chi connectivity index (χ1v) is 4.65. The van der Waals surface area contributed by atoms with Crippen molar-refractivity contribution in [3.8, 4) is 6.07 Å². The van der Waals surface area contributed by atoms with E-state index in [-0.39, 0.29) is 5.56 Å². The highest BCUT2D eigenvalue weighted by molar-refractivity contribution is 5.36. The molecule has 0 aliphatic heterocycles. The Balaban J connectivity index is 2.51. The van der Waals surface area contributed by atoms with Crippen molar-refractivity contribution in [2.24, 2.45) is 0 Å². The lowest BCUT2D eigenvalue weighted by molar-refractivity contribution is 0.319. The molecule has 0 atom stereocenters. The molecule has 2 rings (SSSR count). The Bertz CT molecular complexity index is 421. The van der Waals surface area contributed by atoms with Gasteiger partial charge in [-0.15, -0.1) is 0 Å². The Labute approximate surface area is 85.1 Å². The quantitative estimate of drug-likeness (QED) is 0.655. The Hall–Kier alpha value is -1.50. The zero-order valence-corrected chi connectivity index (χ0v) is 7.86. The lowest BCUT2D eigenvalue weighted by Crippen LogP contribution is -2.32. The Kier molecular flexibility index (Phi) is 2.18. The van der Waals surface area contributed by atoms with E-state index in [4.69, 9.17) is 5.26 Å². The molecule has 1 fully saturated rings. The molecule has 1 aromatic carbocycles. The van der Waals surface area contributed by atoms with Crippen LogP contribution in [0.4, 0.5) is 13.2 Å². The molecule has 0 amide bonds. The van der Waals surface area contributed by atoms with Crippen molar-refractivity contribution in [1.29, 1.82) is 5.26 Å². The van der Waals surface area contributed by atoms with Gasteiger partial charge in [-0.2, -0.15) is 5.26 Å². The summed E-state index contributed by atoms with van der Waals surface area (Å²) in [5.74, 6) is -3.94. The normalized spacial score (nSPS) is 18.0. The minimum atomic E-state index is -1.48. The maximum Gasteiger partial charge on any atom is 0.194 e. The van der Waals surface area contributed by atoms with Gasteiger partial charge in [0.15, 0.2) is 17.5 Å². The van der Waals surface area contributed by atoms with E-state index in [0.717, 1.165) is 18.6 Å². The molecule has 0 aromatic heterocycles. The number of rotatable bonds is 1. The Morgan fingerprint density at radius 1 is 1.13 bits per heavy atom. The molecule has 1 aromatic rings. The second-order valence-corrected chi connectivity index (χ2v) is 3.80. The summed E-state index contributed by atoms with van der Waals surface area (Å²) in [6.45, 7) is 0. The van der Waals surface area contributed by atoms with E-state index < -0.39 is 22.9 Å². The summed E-state index contributed by atoms with van der Waals surface area (Å²) in [4.78, 5) is 0. The molecule has 0 N–H and O–H groups in total. The zero-order valence-electron chi connectivity index (χ0n) is 7.86. The topological polar surface area (TPSA) is 23.8 Å². The lowest BCUT2D eigenvalue weighted by atomic mass is 9.65. The van der Waals surface area contributed by atoms with Gasteiger partial charge in [0.25, 0.3) is 0 Å². The van der Waals surface area contributed by atoms with Crippen LogP contribution in [-0.2, 0) is 5.41 Å². The van der Waals surface area contributed by atoms with E-state index in [9.17, 15) is 13.2 Å². The van der Waals surface area contributed by atoms with Gasteiger partial charge in [0.05, 0.1) is 11.5 Å². The Morgan fingerprint density at radius 3 is 2.00 bits per heavy atom. The van der Waals surface area contributed by atoms with E-state index >= 15 is 0 Å². The molecule has 1 nitrogen and oxygen atoms in total. The maximum atomic E-state index is 12.9. The number of hydrogen-bond donors (Lipinski definition) is 0. The second kappa shape index (κ2) is 3.27. The van der Waals surface area contributed by atoms with E-state index in [2.05, 4.69) is 0 Å². The second-order valence-electron chi connectivity index (χ2n) is 3.80. The number of benzene rings is 1. The smallest absolute Gasteiger partial charge is 0.194 e. The number of nitrogens with zero attached hydrogens (tertiary/aromatic N) is 1. The summed E-state index contributed by atoms with van der Waals surface area (Å²) in [6, 6.07) is 3.88. The van der Waals surface area contributed by atoms with Gasteiger partial charge in [-0.25, -0.2) is 13.2 Å². The molecule has 1 aliphatic rings. The Morgan fingerprint density at radius 2 is 1.67 bits per heavy atom. The first-order valence-electron chi connectivity index (χ1n) is 4.65. The third kappa shape index (κ3) is 1.39. The van der Waals surface area contributed by atoms with Gasteiger partial charge < -0.3 is 0 Å². The van der Waals surface area contributed by atoms with Gasteiger partial charge in [-0.05, 0) is 37.0 Å². The summed E-state index contributed by atoms with van der Waals surface area (Å²) in [6.07, 6.45) is 2.01. The van der Waals surface area contributed by atoms with Crippen molar-refractivity contribution >= 4 is 0 Å². The summed E-state index contributed by atoms with van der Waals surface area (Å²) in [7, 11) is 0. The molecule has 78 valence electrons. The summed E-state index contributed by atoms with van der Waals surface area (Å²) < 4.78 is 38.6. The van der Waals surface area contributed by atoms with E-state index in [1.807, 2.05) is 6.07 Å². The average molecular weight is 211 g/mol. The predicted molar refractivity (Wildman–Crippen MR) is 47.5 cm³/mol. The van der Waals surface area contributed by atoms with Crippen LogP contribution < -0.4 is 0 Å². The summed E-state index contributed by atoms with van der Waals surface area (Å²) in [5.41, 5.74) is -0.567. The highest BCUT2D eigenvalue weighted by Crippen LogP contribution is 2.43. The average Bonchev–Trinajstić information content (AvgIpc) is 2.13. The molecule has 0 radical (unpaired) electrons. The van der Waals surface area contributed by atoms with Gasteiger partial charge >= 0.3 is 0 Å². The van der Waals surface area contributed by atoms with Crippen molar-refractivity contribution in [2.75, 3.05) is 0 Å². The molecular weight excluding hydrogens is 203 g/mol. The molecule has 0 bridgehead atoms. The first-order chi connectivity index (χ1) is 7.09. The van der Waals surface area contributed by atoms with Crippen LogP contribution >= 0.6 is 0 Å². The minimum Gasteiger partial charge on any atom is -0.204 e. The van der Waals surface area contributed by atoms with Crippen molar-refractivity contribution in [3.05, 3.63) is 35.1 Å². The monoisotopic (exact) mass is 211 g/mol. The summed E-state index contributed by atoms with van der Waals surface area (Å²) in [5, 5.41) is 8.95. The van der Waals surface area contributed by atoms with Gasteiger partial charge in [0.1, 0.15) is 0 Å². The third-order valence-electron chi connectivity index (χ3n) is 2.96. The number of hydrogen-bond acceptors (Lipinski definition) is 1. The fourth-order valence-electron chi connectivity index (χ4n) is 1.83. The van der Waals surface area contributed by atoms with Crippen LogP contribution in [0.5, 0.6) is 0 Å². The highest BCUT2D eigenvalue weighted by Gasteiger charge is 2.40. The van der Waals surface area contributed by atoms with E-state index in [1.54, 1.807) is 0 Å². The van der Waals surface area contributed by atoms with Crippen LogP contribution in [0.25, 0.3) is 0 Å². The van der Waals surface area contributed by atoms with Crippen LogP contribution in [0.3, 0.4) is 0 Å². The van der Waals surface area contributed by atoms with Crippen molar-refractivity contribution in [1.82, 2.24) is 0 Å². The molecule has 4 heteroatoms. The lowest BCUT2D eigenvalue weighted by Gasteiger charge is -2.35. The molecule has 0 saturated heterocycles. The minimum absolute atomic E-state index is 0.243. The van der Waals surface area contributed by atoms with Crippen LogP contribution in [0.15, 0.2) is 12.1 Å². The molecular formula is C11H8F3N. The predicted octanol–water partition coefficient (Wildman–Crippen LogP) is 3.05. The van der Waals surface area contributed by atoms with Crippen molar-refractivity contribution < 1.29 is 13.2 Å². The van der Waals surface area contributed by atoms with Crippen LogP contribution in [-0.4, -0.2) is 0 Å². The summed E-state index contributed by atoms with van der Waals surface area (Å²) >= 11 is 0. The van der Waals surface area contributed by atoms with Gasteiger partial charge in [-0.1, -0.05) is 0 Å². The van der Waals surface area contributed by atoms with Gasteiger partial charge in [0.2, 0.25) is 0 Å². The SMILES string of the molecule is N#CC1(c2cc(F)c(F)c(F)c2)CCC1. The first kappa shape index (κ1) is 10.0.